The number of aliphatic imine (C=N–C) groups is 1. The van der Waals surface area contributed by atoms with Gasteiger partial charge < -0.3 is 24.6 Å². The van der Waals surface area contributed by atoms with Crippen LogP contribution in [0.1, 0.15) is 42.1 Å². The number of halogens is 1. The highest BCUT2D eigenvalue weighted by Gasteiger charge is 2.52. The molecule has 1 aliphatic heterocycles. The van der Waals surface area contributed by atoms with E-state index in [0.29, 0.717) is 50.7 Å². The Morgan fingerprint density at radius 3 is 2.50 bits per heavy atom. The van der Waals surface area contributed by atoms with E-state index in [4.69, 9.17) is 24.3 Å². The number of nitrogens with zero attached hydrogens (tertiary/aromatic N) is 1. The molecule has 3 aromatic carbocycles. The number of hydrogen-bond acceptors (Lipinski definition) is 6. The summed E-state index contributed by atoms with van der Waals surface area (Å²) < 4.78 is 18.3. The van der Waals surface area contributed by atoms with Gasteiger partial charge in [-0.15, -0.1) is 0 Å². The average molecular weight is 608 g/mol. The maximum absolute atomic E-state index is 14.0. The number of benzene rings is 3. The summed E-state index contributed by atoms with van der Waals surface area (Å²) in [6, 6.07) is 25.2. The molecule has 0 saturated carbocycles. The van der Waals surface area contributed by atoms with Crippen molar-refractivity contribution >= 4 is 33.8 Å². The molecule has 4 rings (SSSR count). The van der Waals surface area contributed by atoms with Crippen LogP contribution in [0.25, 0.3) is 6.08 Å². The fourth-order valence-corrected chi connectivity index (χ4v) is 4.73. The minimum atomic E-state index is -1.22. The lowest BCUT2D eigenvalue weighted by atomic mass is 9.84. The number of hydrogen-bond donors (Lipinski definition) is 2. The number of aliphatic hydroxyl groups excluding tert-OH is 1. The van der Waals surface area contributed by atoms with Crippen molar-refractivity contribution in [3.05, 3.63) is 106 Å². The van der Waals surface area contributed by atoms with Crippen molar-refractivity contribution < 1.29 is 24.1 Å². The topological polar surface area (TPSA) is 89.4 Å². The number of methoxy groups -OCH3 is 1. The molecule has 1 heterocycles. The number of ether oxygens (including phenoxy) is 3. The number of amides is 1. The number of carbonyl (C=O) groups is 1. The molecule has 0 saturated heterocycles. The van der Waals surface area contributed by atoms with Gasteiger partial charge in [0.15, 0.2) is 11.6 Å². The second kappa shape index (κ2) is 14.8. The van der Waals surface area contributed by atoms with Crippen LogP contribution >= 0.6 is 15.9 Å². The molecule has 0 radical (unpaired) electrons. The summed E-state index contributed by atoms with van der Waals surface area (Å²) in [6.07, 6.45) is 4.94. The molecule has 0 aliphatic carbocycles. The van der Waals surface area contributed by atoms with Crippen molar-refractivity contribution in [2.24, 2.45) is 4.99 Å². The smallest absolute Gasteiger partial charge is 0.252 e. The third-order valence-electron chi connectivity index (χ3n) is 6.55. The molecule has 0 spiro atoms. The molecule has 0 aromatic heterocycles. The first-order valence-corrected chi connectivity index (χ1v) is 14.2. The van der Waals surface area contributed by atoms with Crippen LogP contribution < -0.4 is 10.1 Å². The predicted octanol–water partition coefficient (Wildman–Crippen LogP) is 5.72. The summed E-state index contributed by atoms with van der Waals surface area (Å²) in [5.41, 5.74) is 1.42. The molecular weight excluding hydrogens is 572 g/mol. The summed E-state index contributed by atoms with van der Waals surface area (Å²) in [5, 5.41) is 12.1. The molecule has 2 atom stereocenters. The van der Waals surface area contributed by atoms with Crippen molar-refractivity contribution in [3.63, 3.8) is 0 Å². The van der Waals surface area contributed by atoms with Gasteiger partial charge in [-0.1, -0.05) is 70.5 Å². The van der Waals surface area contributed by atoms with Crippen LogP contribution in [0.4, 0.5) is 0 Å². The Morgan fingerprint density at radius 1 is 1.05 bits per heavy atom. The SMILES string of the molecule is COCCCNC(=O)[C@]1(C/C=C/c2ccccc2)N=C(c2ccc(OCCCO)cc2)O[C@@H]1c1ccc(Br)cc1. The second-order valence-corrected chi connectivity index (χ2v) is 10.4. The Balaban J connectivity index is 1.70. The van der Waals surface area contributed by atoms with Gasteiger partial charge in [-0.2, -0.15) is 0 Å². The highest BCUT2D eigenvalue weighted by atomic mass is 79.9. The van der Waals surface area contributed by atoms with Gasteiger partial charge in [0.25, 0.3) is 5.91 Å². The first-order chi connectivity index (χ1) is 19.6. The molecular formula is C32H35BrN2O5. The minimum Gasteiger partial charge on any atom is -0.494 e. The van der Waals surface area contributed by atoms with E-state index in [0.717, 1.165) is 21.2 Å². The van der Waals surface area contributed by atoms with Gasteiger partial charge in [0.2, 0.25) is 5.90 Å². The molecule has 0 unspecified atom stereocenters. The number of nitrogens with one attached hydrogen (secondary N) is 1. The highest BCUT2D eigenvalue weighted by Crippen LogP contribution is 2.43. The van der Waals surface area contributed by atoms with Gasteiger partial charge >= 0.3 is 0 Å². The summed E-state index contributed by atoms with van der Waals surface area (Å²) in [7, 11) is 1.64. The second-order valence-electron chi connectivity index (χ2n) is 9.46. The third-order valence-corrected chi connectivity index (χ3v) is 7.08. The average Bonchev–Trinajstić information content (AvgIpc) is 3.37. The zero-order valence-corrected chi connectivity index (χ0v) is 24.2. The largest absolute Gasteiger partial charge is 0.494 e. The quantitative estimate of drug-likeness (QED) is 0.229. The Labute approximate surface area is 244 Å². The minimum absolute atomic E-state index is 0.0779. The fourth-order valence-electron chi connectivity index (χ4n) is 4.46. The van der Waals surface area contributed by atoms with Crippen LogP contribution in [0.15, 0.2) is 94.4 Å². The molecule has 0 bridgehead atoms. The van der Waals surface area contributed by atoms with Crippen LogP contribution in [0.3, 0.4) is 0 Å². The molecule has 210 valence electrons. The van der Waals surface area contributed by atoms with Crippen molar-refractivity contribution in [2.45, 2.75) is 30.9 Å². The van der Waals surface area contributed by atoms with Crippen molar-refractivity contribution in [1.82, 2.24) is 5.32 Å². The Kier molecular flexibility index (Phi) is 10.9. The van der Waals surface area contributed by atoms with Gasteiger partial charge in [0.05, 0.1) is 6.61 Å². The normalized spacial score (nSPS) is 18.4. The number of aliphatic hydroxyl groups is 1. The Bertz CT molecular complexity index is 1280. The molecule has 40 heavy (non-hydrogen) atoms. The molecule has 7 nitrogen and oxygen atoms in total. The monoisotopic (exact) mass is 606 g/mol. The lowest BCUT2D eigenvalue weighted by molar-refractivity contribution is -0.128. The van der Waals surface area contributed by atoms with E-state index in [2.05, 4.69) is 21.2 Å². The van der Waals surface area contributed by atoms with E-state index in [9.17, 15) is 4.79 Å². The van der Waals surface area contributed by atoms with Crippen LogP contribution in [-0.4, -0.2) is 55.9 Å². The van der Waals surface area contributed by atoms with Gasteiger partial charge in [-0.3, -0.25) is 4.79 Å². The van der Waals surface area contributed by atoms with Crippen molar-refractivity contribution in [1.29, 1.82) is 0 Å². The van der Waals surface area contributed by atoms with Crippen LogP contribution in [0.2, 0.25) is 0 Å². The van der Waals surface area contributed by atoms with E-state index in [1.807, 2.05) is 91.0 Å². The van der Waals surface area contributed by atoms with E-state index >= 15 is 0 Å². The summed E-state index contributed by atoms with van der Waals surface area (Å²) in [5.74, 6) is 0.886. The molecule has 0 fully saturated rings. The van der Waals surface area contributed by atoms with Crippen LogP contribution in [0, 0.1) is 0 Å². The fraction of sp³-hybridized carbons (Fsp3) is 0.312. The zero-order chi connectivity index (χ0) is 28.2. The van der Waals surface area contributed by atoms with E-state index in [1.54, 1.807) is 7.11 Å². The lowest BCUT2D eigenvalue weighted by Gasteiger charge is -2.30. The van der Waals surface area contributed by atoms with Gasteiger partial charge in [-0.25, -0.2) is 4.99 Å². The first kappa shape index (κ1) is 29.5. The van der Waals surface area contributed by atoms with Crippen molar-refractivity contribution in [3.8, 4) is 5.75 Å². The molecule has 8 heteroatoms. The van der Waals surface area contributed by atoms with Crippen molar-refractivity contribution in [2.75, 3.05) is 33.5 Å². The lowest BCUT2D eigenvalue weighted by Crippen LogP contribution is -2.48. The van der Waals surface area contributed by atoms with E-state index in [1.165, 1.54) is 0 Å². The molecule has 2 N–H and O–H groups in total. The van der Waals surface area contributed by atoms with Gasteiger partial charge in [-0.05, 0) is 53.9 Å². The van der Waals surface area contributed by atoms with E-state index < -0.39 is 11.6 Å². The van der Waals surface area contributed by atoms with Crippen LogP contribution in [0.5, 0.6) is 5.75 Å². The van der Waals surface area contributed by atoms with Gasteiger partial charge in [0.1, 0.15) is 5.75 Å². The Hall–Kier alpha value is -3.46. The third kappa shape index (κ3) is 7.59. The highest BCUT2D eigenvalue weighted by molar-refractivity contribution is 9.10. The zero-order valence-electron chi connectivity index (χ0n) is 22.6. The summed E-state index contributed by atoms with van der Waals surface area (Å²) in [6.45, 7) is 1.53. The van der Waals surface area contributed by atoms with Crippen LogP contribution in [-0.2, 0) is 14.3 Å². The molecule has 3 aromatic rings. The predicted molar refractivity (Wildman–Crippen MR) is 160 cm³/mol. The van der Waals surface area contributed by atoms with Gasteiger partial charge in [0, 0.05) is 49.7 Å². The van der Waals surface area contributed by atoms with E-state index in [-0.39, 0.29) is 12.5 Å². The summed E-state index contributed by atoms with van der Waals surface area (Å²) in [4.78, 5) is 19.0. The number of carbonyl (C=O) groups excluding carboxylic acids is 1. The first-order valence-electron chi connectivity index (χ1n) is 13.4. The standard InChI is InChI=1S/C32H35BrN2O5/c1-38-22-6-20-34-31(37)32(19-5-10-24-8-3-2-4-9-24)29(25-11-15-27(33)16-12-25)40-30(35-32)26-13-17-28(18-14-26)39-23-7-21-36/h2-5,8-18,29,36H,6-7,19-23H2,1H3,(H,34,37)/b10-5+/t29-,32-/m1/s1. The Morgan fingerprint density at radius 2 is 1.80 bits per heavy atom. The number of rotatable bonds is 14. The maximum atomic E-state index is 14.0. The molecule has 1 amide bonds. The molecule has 1 aliphatic rings. The maximum Gasteiger partial charge on any atom is 0.252 e. The summed E-state index contributed by atoms with van der Waals surface area (Å²) >= 11 is 3.51.